The van der Waals surface area contributed by atoms with Crippen molar-refractivity contribution in [2.45, 2.75) is 57.5 Å². The monoisotopic (exact) mass is 252 g/mol. The summed E-state index contributed by atoms with van der Waals surface area (Å²) in [4.78, 5) is 0. The van der Waals surface area contributed by atoms with Gasteiger partial charge in [0.25, 0.3) is 0 Å². The molecule has 1 saturated carbocycles. The number of nitrogens with zero attached hydrogens (tertiary/aromatic N) is 2. The molecule has 0 radical (unpaired) electrons. The van der Waals surface area contributed by atoms with Crippen LogP contribution in [0.5, 0.6) is 0 Å². The van der Waals surface area contributed by atoms with E-state index in [4.69, 9.17) is 9.31 Å². The molecule has 0 N–H and O–H groups in total. The van der Waals surface area contributed by atoms with Gasteiger partial charge in [-0.3, -0.25) is 4.68 Å². The molecular weight excluding hydrogens is 234 g/mol. The van der Waals surface area contributed by atoms with Crippen LogP contribution in [0, 0.1) is 0 Å². The van der Waals surface area contributed by atoms with Gasteiger partial charge >= 0.3 is 7.12 Å². The van der Waals surface area contributed by atoms with Crippen LogP contribution in [0.3, 0.4) is 0 Å². The van der Waals surface area contributed by atoms with Crippen LogP contribution in [0.1, 0.15) is 40.2 Å². The average molecular weight is 252 g/mol. The summed E-state index contributed by atoms with van der Waals surface area (Å²) in [6.07, 6.45) is 3.33. The largest absolute Gasteiger partial charge is 0.498 e. The molecule has 2 aliphatic rings. The Balaban J connectivity index is 1.78. The molecule has 0 amide bonds. The molecule has 1 saturated heterocycles. The molecule has 1 aliphatic carbocycles. The molecule has 1 aromatic heterocycles. The van der Waals surface area contributed by atoms with Crippen molar-refractivity contribution in [3.8, 4) is 0 Å². The van der Waals surface area contributed by atoms with Crippen LogP contribution in [-0.4, -0.2) is 34.3 Å². The minimum Gasteiger partial charge on any atom is -0.399 e. The van der Waals surface area contributed by atoms with Gasteiger partial charge in [-0.15, -0.1) is 0 Å². The molecule has 1 aromatic rings. The summed E-state index contributed by atoms with van der Waals surface area (Å²) in [6.45, 7) is 8.04. The van der Waals surface area contributed by atoms with Crippen molar-refractivity contribution in [2.24, 2.45) is 0 Å². The molecule has 18 heavy (non-hydrogen) atoms. The van der Waals surface area contributed by atoms with E-state index in [1.807, 2.05) is 33.9 Å². The molecule has 2 unspecified atom stereocenters. The molecule has 0 bridgehead atoms. The van der Waals surface area contributed by atoms with E-state index in [9.17, 15) is 4.39 Å². The van der Waals surface area contributed by atoms with Crippen LogP contribution < -0.4 is 5.46 Å². The Hall–Kier alpha value is -0.875. The van der Waals surface area contributed by atoms with Gasteiger partial charge in [0.05, 0.1) is 17.2 Å². The van der Waals surface area contributed by atoms with Crippen LogP contribution in [0.4, 0.5) is 4.39 Å². The SMILES string of the molecule is CC1(C)OB(c2cnn(C3CC3F)c2)OC1(C)C. The highest BCUT2D eigenvalue weighted by Gasteiger charge is 2.52. The molecule has 3 rings (SSSR count). The minimum atomic E-state index is -0.754. The Morgan fingerprint density at radius 2 is 1.89 bits per heavy atom. The van der Waals surface area contributed by atoms with Crippen molar-refractivity contribution in [3.63, 3.8) is 0 Å². The summed E-state index contributed by atoms with van der Waals surface area (Å²) in [5.74, 6) is 0. The lowest BCUT2D eigenvalue weighted by molar-refractivity contribution is 0.00578. The Bertz CT molecular complexity index is 458. The standard InChI is InChI=1S/C12H18BFN2O2/c1-11(2)12(3,4)18-13(17-11)8-6-15-16(7-8)10-5-9(10)14/h6-7,9-10H,5H2,1-4H3. The predicted molar refractivity (Wildman–Crippen MR) is 66.5 cm³/mol. The number of rotatable bonds is 2. The maximum Gasteiger partial charge on any atom is 0.498 e. The summed E-state index contributed by atoms with van der Waals surface area (Å²) in [7, 11) is -0.416. The topological polar surface area (TPSA) is 36.3 Å². The molecule has 2 heterocycles. The first kappa shape index (κ1) is 12.2. The maximum atomic E-state index is 13.0. The fourth-order valence-corrected chi connectivity index (χ4v) is 2.06. The summed E-state index contributed by atoms with van der Waals surface area (Å²) < 4.78 is 26.5. The zero-order valence-corrected chi connectivity index (χ0v) is 11.2. The third kappa shape index (κ3) is 1.78. The third-order valence-electron chi connectivity index (χ3n) is 4.17. The summed E-state index contributed by atoms with van der Waals surface area (Å²) in [5, 5.41) is 4.19. The van der Waals surface area contributed by atoms with E-state index in [0.29, 0.717) is 6.42 Å². The number of hydrogen-bond donors (Lipinski definition) is 0. The van der Waals surface area contributed by atoms with Gasteiger partial charge in [0.1, 0.15) is 6.17 Å². The van der Waals surface area contributed by atoms with Gasteiger partial charge in [0.2, 0.25) is 0 Å². The molecule has 2 fully saturated rings. The highest BCUT2D eigenvalue weighted by molar-refractivity contribution is 6.61. The Morgan fingerprint density at radius 1 is 1.33 bits per heavy atom. The third-order valence-corrected chi connectivity index (χ3v) is 4.17. The normalized spacial score (nSPS) is 32.8. The van der Waals surface area contributed by atoms with Crippen molar-refractivity contribution < 1.29 is 13.7 Å². The van der Waals surface area contributed by atoms with E-state index in [0.717, 1.165) is 5.46 Å². The molecule has 1 aliphatic heterocycles. The number of aromatic nitrogens is 2. The summed E-state index contributed by atoms with van der Waals surface area (Å²) in [5.41, 5.74) is 0.136. The first-order valence-corrected chi connectivity index (χ1v) is 6.34. The minimum absolute atomic E-state index is 0.0961. The highest BCUT2D eigenvalue weighted by atomic mass is 19.1. The smallest absolute Gasteiger partial charge is 0.399 e. The fourth-order valence-electron chi connectivity index (χ4n) is 2.06. The molecule has 0 spiro atoms. The van der Waals surface area contributed by atoms with E-state index in [-0.39, 0.29) is 17.2 Å². The van der Waals surface area contributed by atoms with E-state index in [1.54, 1.807) is 10.9 Å². The zero-order valence-electron chi connectivity index (χ0n) is 11.2. The van der Waals surface area contributed by atoms with E-state index in [1.165, 1.54) is 0 Å². The Labute approximate surface area is 107 Å². The van der Waals surface area contributed by atoms with Gasteiger partial charge in [-0.1, -0.05) is 0 Å². The maximum absolute atomic E-state index is 13.0. The second-order valence-electron chi connectivity index (χ2n) is 6.16. The number of hydrogen-bond acceptors (Lipinski definition) is 3. The highest BCUT2D eigenvalue weighted by Crippen LogP contribution is 2.39. The second kappa shape index (κ2) is 3.57. The Kier molecular flexibility index (Phi) is 2.42. The van der Waals surface area contributed by atoms with Gasteiger partial charge in [0, 0.05) is 24.3 Å². The quantitative estimate of drug-likeness (QED) is 0.748. The van der Waals surface area contributed by atoms with Crippen molar-refractivity contribution in [1.82, 2.24) is 9.78 Å². The predicted octanol–water partition coefficient (Wildman–Crippen LogP) is 1.47. The van der Waals surface area contributed by atoms with Crippen LogP contribution in [0.15, 0.2) is 12.4 Å². The van der Waals surface area contributed by atoms with Crippen LogP contribution in [0.25, 0.3) is 0 Å². The van der Waals surface area contributed by atoms with Gasteiger partial charge in [-0.05, 0) is 27.7 Å². The first-order chi connectivity index (χ1) is 8.30. The van der Waals surface area contributed by atoms with E-state index in [2.05, 4.69) is 5.10 Å². The van der Waals surface area contributed by atoms with Crippen LogP contribution >= 0.6 is 0 Å². The van der Waals surface area contributed by atoms with Gasteiger partial charge in [0.15, 0.2) is 0 Å². The molecule has 0 aromatic carbocycles. The lowest BCUT2D eigenvalue weighted by atomic mass is 9.82. The van der Waals surface area contributed by atoms with Crippen LogP contribution in [-0.2, 0) is 9.31 Å². The zero-order chi connectivity index (χ0) is 13.1. The van der Waals surface area contributed by atoms with Crippen molar-refractivity contribution >= 4 is 12.6 Å². The molecule has 6 heteroatoms. The molecule has 98 valence electrons. The first-order valence-electron chi connectivity index (χ1n) is 6.34. The number of halogens is 1. The van der Waals surface area contributed by atoms with Crippen molar-refractivity contribution in [3.05, 3.63) is 12.4 Å². The van der Waals surface area contributed by atoms with E-state index >= 15 is 0 Å². The Morgan fingerprint density at radius 3 is 2.39 bits per heavy atom. The van der Waals surface area contributed by atoms with Gasteiger partial charge in [-0.2, -0.15) is 5.10 Å². The number of alkyl halides is 1. The van der Waals surface area contributed by atoms with Crippen molar-refractivity contribution in [1.29, 1.82) is 0 Å². The molecule has 2 atom stereocenters. The van der Waals surface area contributed by atoms with Crippen molar-refractivity contribution in [2.75, 3.05) is 0 Å². The summed E-state index contributed by atoms with van der Waals surface area (Å²) >= 11 is 0. The lowest BCUT2D eigenvalue weighted by Gasteiger charge is -2.32. The van der Waals surface area contributed by atoms with E-state index < -0.39 is 13.3 Å². The average Bonchev–Trinajstić information content (AvgIpc) is 2.73. The fraction of sp³-hybridized carbons (Fsp3) is 0.750. The second-order valence-corrected chi connectivity index (χ2v) is 6.16. The molecular formula is C12H18BFN2O2. The van der Waals surface area contributed by atoms with Crippen LogP contribution in [0.2, 0.25) is 0 Å². The lowest BCUT2D eigenvalue weighted by Crippen LogP contribution is -2.41. The summed E-state index contributed by atoms with van der Waals surface area (Å²) in [6, 6.07) is -0.0961. The van der Waals surface area contributed by atoms with Gasteiger partial charge in [-0.25, -0.2) is 4.39 Å². The molecule has 4 nitrogen and oxygen atoms in total. The van der Waals surface area contributed by atoms with Gasteiger partial charge < -0.3 is 9.31 Å².